The lowest BCUT2D eigenvalue weighted by Gasteiger charge is -2.33. The maximum absolute atomic E-state index is 13.7. The number of para-hydroxylation sites is 1. The van der Waals surface area contributed by atoms with Gasteiger partial charge in [0.1, 0.15) is 6.10 Å². The molecule has 0 saturated carbocycles. The summed E-state index contributed by atoms with van der Waals surface area (Å²) in [6.45, 7) is 6.19. The average molecular weight is 351 g/mol. The minimum absolute atomic E-state index is 0.0307. The molecule has 1 fully saturated rings. The van der Waals surface area contributed by atoms with Gasteiger partial charge in [0.05, 0.1) is 0 Å². The summed E-state index contributed by atoms with van der Waals surface area (Å²) in [5.74, 6) is 0.414. The molecule has 0 spiro atoms. The van der Waals surface area contributed by atoms with E-state index in [0.29, 0.717) is 44.4 Å². The molecule has 1 aliphatic rings. The van der Waals surface area contributed by atoms with Crippen molar-refractivity contribution in [3.8, 4) is 5.75 Å². The third kappa shape index (κ3) is 5.59. The molecule has 2 amide bonds. The number of hydrogen-bond donors (Lipinski definition) is 1. The predicted molar refractivity (Wildman–Crippen MR) is 97.3 cm³/mol. The second-order valence-electron chi connectivity index (χ2n) is 7.20. The number of nitrogens with zero attached hydrogens (tertiary/aromatic N) is 2. The van der Waals surface area contributed by atoms with Crippen LogP contribution in [0.3, 0.4) is 0 Å². The molecule has 2 rings (SSSR count). The van der Waals surface area contributed by atoms with Crippen LogP contribution in [0.25, 0.3) is 0 Å². The first kappa shape index (κ1) is 19.5. The van der Waals surface area contributed by atoms with Gasteiger partial charge in [0, 0.05) is 38.5 Å². The Balaban J connectivity index is 1.77. The summed E-state index contributed by atoms with van der Waals surface area (Å²) in [7, 11) is 4.06. The van der Waals surface area contributed by atoms with Crippen LogP contribution in [0.5, 0.6) is 5.75 Å². The fourth-order valence-electron chi connectivity index (χ4n) is 3.21. The Kier molecular flexibility index (Phi) is 7.05. The number of benzene rings is 1. The molecule has 5 nitrogen and oxygen atoms in total. The number of piperidine rings is 1. The van der Waals surface area contributed by atoms with Crippen molar-refractivity contribution in [2.24, 2.45) is 5.92 Å². The summed E-state index contributed by atoms with van der Waals surface area (Å²) in [6.07, 6.45) is 1.37. The maximum atomic E-state index is 13.7. The number of carbonyl (C=O) groups excluding carboxylic acids is 1. The molecule has 1 atom stereocenters. The van der Waals surface area contributed by atoms with Crippen molar-refractivity contribution in [2.75, 3.05) is 33.7 Å². The zero-order valence-corrected chi connectivity index (χ0v) is 15.7. The van der Waals surface area contributed by atoms with Crippen molar-refractivity contribution in [1.82, 2.24) is 15.1 Å². The van der Waals surface area contributed by atoms with Crippen molar-refractivity contribution >= 4 is 6.03 Å². The van der Waals surface area contributed by atoms with E-state index in [2.05, 4.69) is 24.1 Å². The monoisotopic (exact) mass is 351 g/mol. The highest BCUT2D eigenvalue weighted by atomic mass is 19.1. The first-order valence-corrected chi connectivity index (χ1v) is 8.99. The Morgan fingerprint density at radius 3 is 2.52 bits per heavy atom. The largest absolute Gasteiger partial charge is 0.487 e. The van der Waals surface area contributed by atoms with Crippen LogP contribution in [-0.2, 0) is 0 Å². The van der Waals surface area contributed by atoms with Crippen LogP contribution in [0.15, 0.2) is 24.3 Å². The number of likely N-dealkylation sites (N-methyl/N-ethyl adjacent to an activating group) is 1. The quantitative estimate of drug-likeness (QED) is 0.857. The van der Waals surface area contributed by atoms with E-state index in [1.165, 1.54) is 6.07 Å². The highest BCUT2D eigenvalue weighted by Crippen LogP contribution is 2.21. The van der Waals surface area contributed by atoms with E-state index in [9.17, 15) is 9.18 Å². The van der Waals surface area contributed by atoms with E-state index < -0.39 is 0 Å². The number of ether oxygens (including phenoxy) is 1. The molecular weight excluding hydrogens is 321 g/mol. The van der Waals surface area contributed by atoms with E-state index in [1.807, 2.05) is 19.0 Å². The Labute approximate surface area is 150 Å². The Hall–Kier alpha value is -1.82. The number of nitrogens with one attached hydrogen (secondary N) is 1. The van der Waals surface area contributed by atoms with Crippen molar-refractivity contribution in [3.63, 3.8) is 0 Å². The number of likely N-dealkylation sites (tertiary alicyclic amines) is 1. The normalized spacial score (nSPS) is 17.0. The molecule has 1 aliphatic heterocycles. The van der Waals surface area contributed by atoms with E-state index in [0.717, 1.165) is 0 Å². The van der Waals surface area contributed by atoms with Crippen LogP contribution in [0.4, 0.5) is 9.18 Å². The smallest absolute Gasteiger partial charge is 0.317 e. The van der Waals surface area contributed by atoms with Crippen molar-refractivity contribution < 1.29 is 13.9 Å². The second-order valence-corrected chi connectivity index (χ2v) is 7.20. The Morgan fingerprint density at radius 2 is 1.96 bits per heavy atom. The van der Waals surface area contributed by atoms with Crippen molar-refractivity contribution in [1.29, 1.82) is 0 Å². The van der Waals surface area contributed by atoms with Gasteiger partial charge in [-0.3, -0.25) is 0 Å². The number of rotatable bonds is 6. The van der Waals surface area contributed by atoms with Crippen LogP contribution in [0.2, 0.25) is 0 Å². The van der Waals surface area contributed by atoms with Gasteiger partial charge >= 0.3 is 6.03 Å². The van der Waals surface area contributed by atoms with Crippen LogP contribution >= 0.6 is 0 Å². The standard InChI is InChI=1S/C19H30FN3O2/c1-14(2)17(22(3)4)13-21-19(24)23-11-9-15(10-12-23)25-18-8-6-5-7-16(18)20/h5-8,14-15,17H,9-13H2,1-4H3,(H,21,24). The van der Waals surface area contributed by atoms with Crippen LogP contribution in [0, 0.1) is 11.7 Å². The predicted octanol–water partition coefficient (Wildman–Crippen LogP) is 2.96. The first-order chi connectivity index (χ1) is 11.9. The van der Waals surface area contributed by atoms with Crippen LogP contribution in [-0.4, -0.2) is 61.7 Å². The van der Waals surface area contributed by atoms with Gasteiger partial charge < -0.3 is 19.9 Å². The van der Waals surface area contributed by atoms with Crippen molar-refractivity contribution in [2.45, 2.75) is 38.8 Å². The molecule has 1 N–H and O–H groups in total. The molecule has 1 aromatic rings. The Morgan fingerprint density at radius 1 is 1.32 bits per heavy atom. The molecule has 25 heavy (non-hydrogen) atoms. The molecule has 0 radical (unpaired) electrons. The lowest BCUT2D eigenvalue weighted by molar-refractivity contribution is 0.106. The van der Waals surface area contributed by atoms with Gasteiger partial charge in [-0.1, -0.05) is 26.0 Å². The zero-order valence-electron chi connectivity index (χ0n) is 15.7. The van der Waals surface area contributed by atoms with E-state index in [4.69, 9.17) is 4.74 Å². The number of halogens is 1. The summed E-state index contributed by atoms with van der Waals surface area (Å²) < 4.78 is 19.4. The van der Waals surface area contributed by atoms with Gasteiger partial charge in [0.25, 0.3) is 0 Å². The SMILES string of the molecule is CC(C)C(CNC(=O)N1CCC(Oc2ccccc2F)CC1)N(C)C. The highest BCUT2D eigenvalue weighted by Gasteiger charge is 2.25. The lowest BCUT2D eigenvalue weighted by atomic mass is 10.0. The number of urea groups is 1. The highest BCUT2D eigenvalue weighted by molar-refractivity contribution is 5.74. The fourth-order valence-corrected chi connectivity index (χ4v) is 3.21. The average Bonchev–Trinajstić information content (AvgIpc) is 2.57. The van der Waals surface area contributed by atoms with Gasteiger partial charge in [0.2, 0.25) is 0 Å². The Bertz CT molecular complexity index is 549. The van der Waals surface area contributed by atoms with E-state index in [1.54, 1.807) is 18.2 Å². The van der Waals surface area contributed by atoms with Gasteiger partial charge in [-0.15, -0.1) is 0 Å². The number of carbonyl (C=O) groups is 1. The van der Waals surface area contributed by atoms with Gasteiger partial charge in [-0.25, -0.2) is 9.18 Å². The third-order valence-electron chi connectivity index (χ3n) is 4.75. The topological polar surface area (TPSA) is 44.8 Å². The second kappa shape index (κ2) is 9.04. The van der Waals surface area contributed by atoms with Gasteiger partial charge in [-0.2, -0.15) is 0 Å². The van der Waals surface area contributed by atoms with E-state index in [-0.39, 0.29) is 23.7 Å². The fraction of sp³-hybridized carbons (Fsp3) is 0.632. The number of hydrogen-bond acceptors (Lipinski definition) is 3. The molecule has 140 valence electrons. The summed E-state index contributed by atoms with van der Waals surface area (Å²) in [4.78, 5) is 16.3. The molecule has 1 heterocycles. The molecular formula is C19H30FN3O2. The minimum Gasteiger partial charge on any atom is -0.487 e. The third-order valence-corrected chi connectivity index (χ3v) is 4.75. The van der Waals surface area contributed by atoms with Crippen LogP contribution in [0.1, 0.15) is 26.7 Å². The summed E-state index contributed by atoms with van der Waals surface area (Å²) >= 11 is 0. The van der Waals surface area contributed by atoms with Gasteiger partial charge in [0.15, 0.2) is 11.6 Å². The van der Waals surface area contributed by atoms with Crippen molar-refractivity contribution in [3.05, 3.63) is 30.1 Å². The molecule has 1 unspecified atom stereocenters. The lowest BCUT2D eigenvalue weighted by Crippen LogP contribution is -2.50. The maximum Gasteiger partial charge on any atom is 0.317 e. The minimum atomic E-state index is -0.342. The summed E-state index contributed by atoms with van der Waals surface area (Å²) in [5, 5.41) is 3.03. The molecule has 0 bridgehead atoms. The first-order valence-electron chi connectivity index (χ1n) is 8.99. The molecule has 1 aromatic carbocycles. The molecule has 0 aliphatic carbocycles. The summed E-state index contributed by atoms with van der Waals surface area (Å²) in [5.41, 5.74) is 0. The van der Waals surface area contributed by atoms with E-state index >= 15 is 0 Å². The number of amides is 2. The molecule has 0 aromatic heterocycles. The molecule has 1 saturated heterocycles. The zero-order chi connectivity index (χ0) is 18.4. The van der Waals surface area contributed by atoms with Crippen LogP contribution < -0.4 is 10.1 Å². The summed E-state index contributed by atoms with van der Waals surface area (Å²) in [6, 6.07) is 6.72. The van der Waals surface area contributed by atoms with Gasteiger partial charge in [-0.05, 0) is 32.1 Å². The molecule has 6 heteroatoms.